The van der Waals surface area contributed by atoms with Crippen molar-refractivity contribution in [2.75, 3.05) is 10.7 Å². The van der Waals surface area contributed by atoms with E-state index >= 15 is 0 Å². The van der Waals surface area contributed by atoms with E-state index in [1.165, 1.54) is 16.8 Å². The molecule has 0 saturated carbocycles. The number of fused-ring (bicyclic) bond motifs is 2. The van der Waals surface area contributed by atoms with E-state index in [1.54, 1.807) is 18.2 Å². The second kappa shape index (κ2) is 6.13. The molecule has 8 nitrogen and oxygen atoms in total. The van der Waals surface area contributed by atoms with Crippen molar-refractivity contribution in [1.82, 2.24) is 19.6 Å². The van der Waals surface area contributed by atoms with E-state index in [0.29, 0.717) is 10.6 Å². The summed E-state index contributed by atoms with van der Waals surface area (Å²) < 4.78 is 43.1. The number of nitrogens with two attached hydrogens (primary N) is 1. The normalized spacial score (nSPS) is 19.6. The fourth-order valence-corrected chi connectivity index (χ4v) is 3.49. The molecular formula is C19H14F3N7O. The molecule has 4 aromatic rings. The van der Waals surface area contributed by atoms with E-state index in [1.807, 2.05) is 24.3 Å². The van der Waals surface area contributed by atoms with Crippen LogP contribution in [0.4, 0.5) is 24.9 Å². The first-order chi connectivity index (χ1) is 14.3. The van der Waals surface area contributed by atoms with E-state index in [2.05, 4.69) is 20.3 Å². The van der Waals surface area contributed by atoms with Crippen LogP contribution in [0.1, 0.15) is 12.0 Å². The maximum absolute atomic E-state index is 14.0. The van der Waals surface area contributed by atoms with Gasteiger partial charge >= 0.3 is 6.18 Å². The molecular weight excluding hydrogens is 399 g/mol. The summed E-state index contributed by atoms with van der Waals surface area (Å²) in [5.74, 6) is -0.421. The molecule has 0 amide bonds. The molecule has 0 aliphatic carbocycles. The number of hydrogen-bond donors (Lipinski definition) is 2. The first-order valence-electron chi connectivity index (χ1n) is 8.88. The average Bonchev–Trinajstić information content (AvgIpc) is 3.31. The Hall–Kier alpha value is -3.73. The molecule has 11 heteroatoms. The summed E-state index contributed by atoms with van der Waals surface area (Å²) >= 11 is 0. The summed E-state index contributed by atoms with van der Waals surface area (Å²) in [7, 11) is 0. The van der Waals surface area contributed by atoms with Crippen LogP contribution in [0.25, 0.3) is 16.4 Å². The summed E-state index contributed by atoms with van der Waals surface area (Å²) in [6.45, 7) is 0. The number of alkyl halides is 3. The van der Waals surface area contributed by atoms with Gasteiger partial charge in [-0.1, -0.05) is 36.4 Å². The minimum atomic E-state index is -5.03. The smallest absolute Gasteiger partial charge is 0.383 e. The Labute approximate surface area is 167 Å². The number of aromatic nitrogens is 4. The van der Waals surface area contributed by atoms with Gasteiger partial charge in [-0.25, -0.2) is 4.40 Å². The monoisotopic (exact) mass is 413 g/mol. The largest absolute Gasteiger partial charge is 0.438 e. The van der Waals surface area contributed by atoms with Gasteiger partial charge in [-0.3, -0.25) is 0 Å². The van der Waals surface area contributed by atoms with Crippen molar-refractivity contribution in [1.29, 1.82) is 0 Å². The number of nitrogen functional groups attached to an aromatic ring is 1. The third kappa shape index (κ3) is 2.66. The van der Waals surface area contributed by atoms with Crippen LogP contribution in [-0.4, -0.2) is 42.3 Å². The molecule has 3 heterocycles. The number of aliphatic hydroxyl groups is 1. The zero-order valence-corrected chi connectivity index (χ0v) is 15.2. The van der Waals surface area contributed by atoms with Crippen LogP contribution in [0, 0.1) is 0 Å². The van der Waals surface area contributed by atoms with Gasteiger partial charge < -0.3 is 10.8 Å². The Morgan fingerprint density at radius 3 is 2.60 bits per heavy atom. The number of rotatable bonds is 2. The predicted octanol–water partition coefficient (Wildman–Crippen LogP) is 2.73. The first-order valence-corrected chi connectivity index (χ1v) is 8.88. The van der Waals surface area contributed by atoms with Gasteiger partial charge in [0, 0.05) is 6.07 Å². The highest BCUT2D eigenvalue weighted by molar-refractivity contribution is 6.06. The number of halogens is 3. The van der Waals surface area contributed by atoms with Crippen LogP contribution < -0.4 is 10.7 Å². The Bertz CT molecular complexity index is 1320. The van der Waals surface area contributed by atoms with Gasteiger partial charge in [0.15, 0.2) is 5.65 Å². The van der Waals surface area contributed by atoms with Crippen LogP contribution >= 0.6 is 0 Å². The molecule has 3 N–H and O–H groups in total. The maximum Gasteiger partial charge on any atom is 0.438 e. The molecule has 0 saturated heterocycles. The Kier molecular flexibility index (Phi) is 3.74. The maximum atomic E-state index is 14.0. The van der Waals surface area contributed by atoms with Crippen LogP contribution in [0.3, 0.4) is 0 Å². The molecule has 0 bridgehead atoms. The van der Waals surface area contributed by atoms with Crippen molar-refractivity contribution in [3.63, 3.8) is 0 Å². The lowest BCUT2D eigenvalue weighted by Crippen LogP contribution is -2.55. The highest BCUT2D eigenvalue weighted by atomic mass is 19.4. The Balaban J connectivity index is 1.69. The summed E-state index contributed by atoms with van der Waals surface area (Å²) in [5.41, 5.74) is 3.11. The van der Waals surface area contributed by atoms with E-state index in [4.69, 9.17) is 5.73 Å². The van der Waals surface area contributed by atoms with Crippen LogP contribution in [0.15, 0.2) is 60.0 Å². The third-order valence-electron chi connectivity index (χ3n) is 5.01. The second-order valence-electron chi connectivity index (χ2n) is 6.95. The zero-order chi connectivity index (χ0) is 21.1. The SMILES string of the molecule is Nc1cc2nncn2c(N2N=C(c3ccc4ccccc4c3)CC2(O)C(F)(F)F)n1. The number of hydrogen-bond acceptors (Lipinski definition) is 7. The zero-order valence-electron chi connectivity index (χ0n) is 15.2. The van der Waals surface area contributed by atoms with Crippen molar-refractivity contribution < 1.29 is 18.3 Å². The van der Waals surface area contributed by atoms with Gasteiger partial charge in [-0.05, 0) is 22.4 Å². The molecule has 1 unspecified atom stereocenters. The summed E-state index contributed by atoms with van der Waals surface area (Å²) in [5, 5.41) is 24.5. The molecule has 1 atom stereocenters. The van der Waals surface area contributed by atoms with Crippen LogP contribution in [0.2, 0.25) is 0 Å². The molecule has 1 aliphatic heterocycles. The lowest BCUT2D eigenvalue weighted by atomic mass is 9.98. The Morgan fingerprint density at radius 1 is 1.07 bits per heavy atom. The number of benzene rings is 2. The standard InChI is InChI=1S/C19H14F3N7O/c20-19(21,22)18(30)9-14(13-6-5-11-3-1-2-4-12(11)7-13)27-29(18)17-25-15(23)8-16-26-24-10-28(16)17/h1-8,10,30H,9,23H2. The molecule has 1 aliphatic rings. The van der Waals surface area contributed by atoms with Gasteiger partial charge in [0.25, 0.3) is 5.72 Å². The van der Waals surface area contributed by atoms with Crippen molar-refractivity contribution in [2.24, 2.45) is 5.10 Å². The molecule has 2 aromatic carbocycles. The van der Waals surface area contributed by atoms with Crippen molar-refractivity contribution in [2.45, 2.75) is 18.3 Å². The highest BCUT2D eigenvalue weighted by Gasteiger charge is 2.63. The molecule has 2 aromatic heterocycles. The van der Waals surface area contributed by atoms with E-state index in [0.717, 1.165) is 10.8 Å². The predicted molar refractivity (Wildman–Crippen MR) is 104 cm³/mol. The Morgan fingerprint density at radius 2 is 1.83 bits per heavy atom. The topological polar surface area (TPSA) is 105 Å². The molecule has 5 rings (SSSR count). The van der Waals surface area contributed by atoms with Gasteiger partial charge in [-0.15, -0.1) is 10.2 Å². The number of hydrazone groups is 1. The van der Waals surface area contributed by atoms with E-state index < -0.39 is 18.3 Å². The molecule has 0 spiro atoms. The molecule has 152 valence electrons. The number of nitrogens with zero attached hydrogens (tertiary/aromatic N) is 6. The summed E-state index contributed by atoms with van der Waals surface area (Å²) in [6, 6.07) is 14.0. The second-order valence-corrected chi connectivity index (χ2v) is 6.95. The van der Waals surface area contributed by atoms with Crippen molar-refractivity contribution in [3.8, 4) is 0 Å². The fourth-order valence-electron chi connectivity index (χ4n) is 3.49. The van der Waals surface area contributed by atoms with Crippen molar-refractivity contribution >= 4 is 33.9 Å². The van der Waals surface area contributed by atoms with E-state index in [9.17, 15) is 18.3 Å². The van der Waals surface area contributed by atoms with Crippen LogP contribution in [0.5, 0.6) is 0 Å². The van der Waals surface area contributed by atoms with Gasteiger partial charge in [0.05, 0.1) is 12.1 Å². The summed E-state index contributed by atoms with van der Waals surface area (Å²) in [6.07, 6.45) is -4.63. The van der Waals surface area contributed by atoms with Crippen LogP contribution in [-0.2, 0) is 0 Å². The highest BCUT2D eigenvalue weighted by Crippen LogP contribution is 2.43. The molecule has 30 heavy (non-hydrogen) atoms. The fraction of sp³-hybridized carbons (Fsp3) is 0.158. The quantitative estimate of drug-likeness (QED) is 0.524. The lowest BCUT2D eigenvalue weighted by Gasteiger charge is -2.33. The lowest BCUT2D eigenvalue weighted by molar-refractivity contribution is -0.254. The van der Waals surface area contributed by atoms with Crippen molar-refractivity contribution in [3.05, 3.63) is 60.4 Å². The summed E-state index contributed by atoms with van der Waals surface area (Å²) in [4.78, 5) is 3.96. The number of anilines is 2. The van der Waals surface area contributed by atoms with Gasteiger partial charge in [-0.2, -0.15) is 28.3 Å². The molecule has 0 fully saturated rings. The average molecular weight is 413 g/mol. The minimum absolute atomic E-state index is 0.0611. The third-order valence-corrected chi connectivity index (χ3v) is 5.01. The first kappa shape index (κ1) is 18.3. The molecule has 0 radical (unpaired) electrons. The van der Waals surface area contributed by atoms with Gasteiger partial charge in [0.2, 0.25) is 5.95 Å². The minimum Gasteiger partial charge on any atom is -0.383 e. The van der Waals surface area contributed by atoms with Gasteiger partial charge in [0.1, 0.15) is 12.1 Å². The van der Waals surface area contributed by atoms with E-state index in [-0.39, 0.29) is 23.1 Å².